The van der Waals surface area contributed by atoms with E-state index in [0.29, 0.717) is 5.69 Å². The minimum Gasteiger partial charge on any atom is -0.342 e. The van der Waals surface area contributed by atoms with Crippen molar-refractivity contribution in [1.82, 2.24) is 9.88 Å². The van der Waals surface area contributed by atoms with E-state index in [2.05, 4.69) is 26.6 Å². The average molecular weight is 419 g/mol. The second kappa shape index (κ2) is 7.38. The third-order valence-corrected chi connectivity index (χ3v) is 4.93. The summed E-state index contributed by atoms with van der Waals surface area (Å²) < 4.78 is 2.41. The Kier molecular flexibility index (Phi) is 5.73. The van der Waals surface area contributed by atoms with Gasteiger partial charge in [0.1, 0.15) is 10.8 Å². The second-order valence-electron chi connectivity index (χ2n) is 4.92. The van der Waals surface area contributed by atoms with Crippen LogP contribution in [-0.2, 0) is 11.8 Å². The van der Waals surface area contributed by atoms with Crippen molar-refractivity contribution in [2.45, 2.75) is 6.92 Å². The van der Waals surface area contributed by atoms with Crippen molar-refractivity contribution in [3.63, 3.8) is 0 Å². The lowest BCUT2D eigenvalue weighted by Gasteiger charge is -2.09. The fourth-order valence-corrected chi connectivity index (χ4v) is 2.56. The number of aryl methyl sites for hydroxylation is 1. The van der Waals surface area contributed by atoms with E-state index in [-0.39, 0.29) is 28.3 Å². The van der Waals surface area contributed by atoms with Crippen molar-refractivity contribution < 1.29 is 9.59 Å². The Balaban J connectivity index is 1.94. The maximum absolute atomic E-state index is 12.1. The van der Waals surface area contributed by atoms with Gasteiger partial charge in [-0.2, -0.15) is 0 Å². The summed E-state index contributed by atoms with van der Waals surface area (Å²) in [5.74, 6) is -0.755. The molecule has 0 saturated heterocycles. The molecule has 0 unspecified atom stereocenters. The number of aromatic nitrogens is 1. The molecule has 23 heavy (non-hydrogen) atoms. The number of carbonyl (C=O) groups is 2. The average Bonchev–Trinajstić information content (AvgIpc) is 2.76. The quantitative estimate of drug-likeness (QED) is 0.793. The molecule has 5 nitrogen and oxygen atoms in total. The van der Waals surface area contributed by atoms with E-state index in [1.54, 1.807) is 13.1 Å². The van der Waals surface area contributed by atoms with Crippen LogP contribution in [0.4, 0.5) is 5.69 Å². The van der Waals surface area contributed by atoms with Gasteiger partial charge in [-0.25, -0.2) is 0 Å². The summed E-state index contributed by atoms with van der Waals surface area (Å²) in [5.41, 5.74) is 1.95. The second-order valence-corrected chi connectivity index (χ2v) is 6.54. The standard InChI is InChI=1S/C15H14BrCl2N3O2/c1-8-5-9(3-4-10(8)16)20-13(22)7-19-15(23)12-6-11(17)14(18)21(12)2/h3-6H,7H2,1-2H3,(H,19,23)(H,20,22). The summed E-state index contributed by atoms with van der Waals surface area (Å²) in [4.78, 5) is 24.0. The summed E-state index contributed by atoms with van der Waals surface area (Å²) in [6.07, 6.45) is 0. The lowest BCUT2D eigenvalue weighted by atomic mass is 10.2. The zero-order valence-corrected chi connectivity index (χ0v) is 15.5. The van der Waals surface area contributed by atoms with Crippen molar-refractivity contribution in [1.29, 1.82) is 0 Å². The number of benzene rings is 1. The number of amides is 2. The molecule has 0 aliphatic rings. The molecule has 122 valence electrons. The Bertz CT molecular complexity index is 774. The van der Waals surface area contributed by atoms with Crippen LogP contribution in [0.1, 0.15) is 16.1 Å². The third-order valence-electron chi connectivity index (χ3n) is 3.20. The van der Waals surface area contributed by atoms with Crippen LogP contribution in [0, 0.1) is 6.92 Å². The summed E-state index contributed by atoms with van der Waals surface area (Å²) in [6, 6.07) is 6.90. The summed E-state index contributed by atoms with van der Waals surface area (Å²) in [5, 5.41) is 5.80. The zero-order valence-electron chi connectivity index (χ0n) is 12.4. The monoisotopic (exact) mass is 417 g/mol. The molecule has 0 aliphatic carbocycles. The highest BCUT2D eigenvalue weighted by molar-refractivity contribution is 9.10. The first-order chi connectivity index (χ1) is 10.8. The highest BCUT2D eigenvalue weighted by Crippen LogP contribution is 2.25. The molecule has 0 atom stereocenters. The molecule has 8 heteroatoms. The topological polar surface area (TPSA) is 63.1 Å². The molecule has 0 saturated carbocycles. The van der Waals surface area contributed by atoms with Crippen LogP contribution in [0.5, 0.6) is 0 Å². The van der Waals surface area contributed by atoms with Gasteiger partial charge in [0, 0.05) is 17.2 Å². The van der Waals surface area contributed by atoms with E-state index in [4.69, 9.17) is 23.2 Å². The van der Waals surface area contributed by atoms with E-state index < -0.39 is 5.91 Å². The predicted octanol–water partition coefficient (Wildman–Crippen LogP) is 3.77. The molecular weight excluding hydrogens is 405 g/mol. The normalized spacial score (nSPS) is 10.5. The van der Waals surface area contributed by atoms with Gasteiger partial charge in [0.15, 0.2) is 0 Å². The molecule has 2 aromatic rings. The minimum atomic E-state index is -0.427. The first-order valence-electron chi connectivity index (χ1n) is 6.64. The van der Waals surface area contributed by atoms with Crippen LogP contribution in [-0.4, -0.2) is 22.9 Å². The molecule has 0 bridgehead atoms. The van der Waals surface area contributed by atoms with E-state index >= 15 is 0 Å². The highest BCUT2D eigenvalue weighted by atomic mass is 79.9. The molecule has 0 fully saturated rings. The van der Waals surface area contributed by atoms with Gasteiger partial charge in [0.25, 0.3) is 5.91 Å². The number of hydrogen-bond acceptors (Lipinski definition) is 2. The van der Waals surface area contributed by atoms with Crippen LogP contribution < -0.4 is 10.6 Å². The maximum atomic E-state index is 12.1. The van der Waals surface area contributed by atoms with Crippen LogP contribution >= 0.6 is 39.1 Å². The Morgan fingerprint density at radius 1 is 1.26 bits per heavy atom. The molecule has 0 spiro atoms. The molecule has 2 rings (SSSR count). The van der Waals surface area contributed by atoms with Crippen molar-refractivity contribution in [2.24, 2.45) is 7.05 Å². The lowest BCUT2D eigenvalue weighted by Crippen LogP contribution is -2.33. The summed E-state index contributed by atoms with van der Waals surface area (Å²) in [7, 11) is 1.62. The van der Waals surface area contributed by atoms with Gasteiger partial charge in [-0.05, 0) is 36.8 Å². The number of halogens is 3. The Labute approximate surface area is 152 Å². The zero-order chi connectivity index (χ0) is 17.1. The molecule has 2 amide bonds. The van der Waals surface area contributed by atoms with E-state index in [1.165, 1.54) is 10.6 Å². The van der Waals surface area contributed by atoms with Gasteiger partial charge >= 0.3 is 0 Å². The van der Waals surface area contributed by atoms with Crippen molar-refractivity contribution in [2.75, 3.05) is 11.9 Å². The van der Waals surface area contributed by atoms with Crippen molar-refractivity contribution >= 4 is 56.6 Å². The molecule has 1 aromatic heterocycles. The van der Waals surface area contributed by atoms with Crippen LogP contribution in [0.25, 0.3) is 0 Å². The summed E-state index contributed by atoms with van der Waals surface area (Å²) >= 11 is 15.2. The van der Waals surface area contributed by atoms with E-state index in [0.717, 1.165) is 10.0 Å². The fraction of sp³-hybridized carbons (Fsp3) is 0.200. The van der Waals surface area contributed by atoms with Crippen molar-refractivity contribution in [3.05, 3.63) is 50.2 Å². The number of hydrogen-bond donors (Lipinski definition) is 2. The number of carbonyl (C=O) groups excluding carboxylic acids is 2. The lowest BCUT2D eigenvalue weighted by molar-refractivity contribution is -0.115. The smallest absolute Gasteiger partial charge is 0.268 e. The Hall–Kier alpha value is -1.50. The SMILES string of the molecule is Cc1cc(NC(=O)CNC(=O)c2cc(Cl)c(Cl)n2C)ccc1Br. The van der Waals surface area contributed by atoms with E-state index in [1.807, 2.05) is 19.1 Å². The number of nitrogens with one attached hydrogen (secondary N) is 2. The predicted molar refractivity (Wildman–Crippen MR) is 95.3 cm³/mol. The van der Waals surface area contributed by atoms with Crippen LogP contribution in [0.15, 0.2) is 28.7 Å². The number of anilines is 1. The summed E-state index contributed by atoms with van der Waals surface area (Å²) in [6.45, 7) is 1.76. The molecule has 0 aliphatic heterocycles. The minimum absolute atomic E-state index is 0.158. The fourth-order valence-electron chi connectivity index (χ4n) is 1.94. The van der Waals surface area contributed by atoms with Crippen LogP contribution in [0.2, 0.25) is 10.2 Å². The highest BCUT2D eigenvalue weighted by Gasteiger charge is 2.16. The molecule has 1 aromatic carbocycles. The molecule has 0 radical (unpaired) electrons. The van der Waals surface area contributed by atoms with Gasteiger partial charge < -0.3 is 15.2 Å². The third kappa shape index (κ3) is 4.28. The number of nitrogens with zero attached hydrogens (tertiary/aromatic N) is 1. The Morgan fingerprint density at radius 2 is 1.96 bits per heavy atom. The Morgan fingerprint density at radius 3 is 2.52 bits per heavy atom. The maximum Gasteiger partial charge on any atom is 0.268 e. The van der Waals surface area contributed by atoms with Gasteiger partial charge in [0.05, 0.1) is 11.6 Å². The van der Waals surface area contributed by atoms with Gasteiger partial charge in [0.2, 0.25) is 5.91 Å². The van der Waals surface area contributed by atoms with Crippen molar-refractivity contribution in [3.8, 4) is 0 Å². The van der Waals surface area contributed by atoms with Gasteiger partial charge in [-0.3, -0.25) is 9.59 Å². The first-order valence-corrected chi connectivity index (χ1v) is 8.19. The van der Waals surface area contributed by atoms with Gasteiger partial charge in [-0.15, -0.1) is 0 Å². The molecule has 2 N–H and O–H groups in total. The van der Waals surface area contributed by atoms with Gasteiger partial charge in [-0.1, -0.05) is 39.1 Å². The van der Waals surface area contributed by atoms with E-state index in [9.17, 15) is 9.59 Å². The molecular formula is C15H14BrCl2N3O2. The largest absolute Gasteiger partial charge is 0.342 e. The molecule has 1 heterocycles. The first kappa shape index (κ1) is 17.8. The van der Waals surface area contributed by atoms with Crippen LogP contribution in [0.3, 0.4) is 0 Å². The number of rotatable bonds is 4.